The van der Waals surface area contributed by atoms with Gasteiger partial charge in [-0.1, -0.05) is 29.8 Å². The normalized spacial score (nSPS) is 10.2. The minimum Gasteiger partial charge on any atom is -0.484 e. The molecule has 6 heteroatoms. The minimum absolute atomic E-state index is 0.0627. The molecule has 0 saturated carbocycles. The molecule has 0 aromatic heterocycles. The molecule has 0 fully saturated rings. The van der Waals surface area contributed by atoms with Crippen LogP contribution in [-0.2, 0) is 11.2 Å². The summed E-state index contributed by atoms with van der Waals surface area (Å²) in [5.74, 6) is 0.153. The van der Waals surface area contributed by atoms with Gasteiger partial charge in [0.2, 0.25) is 0 Å². The van der Waals surface area contributed by atoms with Gasteiger partial charge < -0.3 is 15.0 Å². The average Bonchev–Trinajstić information content (AvgIpc) is 2.59. The number of nitrogens with zero attached hydrogens (tertiary/aromatic N) is 1. The Morgan fingerprint density at radius 2 is 1.88 bits per heavy atom. The number of amides is 2. The number of hydrogen-bond acceptors (Lipinski definition) is 3. The van der Waals surface area contributed by atoms with Gasteiger partial charge in [-0.25, -0.2) is 0 Å². The van der Waals surface area contributed by atoms with Crippen LogP contribution in [-0.4, -0.2) is 44.0 Å². The molecule has 2 aromatic rings. The van der Waals surface area contributed by atoms with Crippen molar-refractivity contribution < 1.29 is 14.3 Å². The molecule has 2 rings (SSSR count). The van der Waals surface area contributed by atoms with Crippen molar-refractivity contribution in [3.8, 4) is 5.75 Å². The Morgan fingerprint density at radius 1 is 1.12 bits per heavy atom. The third-order valence-corrected chi connectivity index (χ3v) is 3.78. The van der Waals surface area contributed by atoms with Crippen molar-refractivity contribution in [1.82, 2.24) is 10.2 Å². The first-order valence-electron chi connectivity index (χ1n) is 7.91. The number of rotatable bonds is 7. The van der Waals surface area contributed by atoms with E-state index in [1.54, 1.807) is 38.4 Å². The summed E-state index contributed by atoms with van der Waals surface area (Å²) in [5.41, 5.74) is 1.55. The highest BCUT2D eigenvalue weighted by atomic mass is 35.5. The maximum absolute atomic E-state index is 12.2. The summed E-state index contributed by atoms with van der Waals surface area (Å²) in [7, 11) is 3.32. The molecule has 0 spiro atoms. The largest absolute Gasteiger partial charge is 0.484 e. The van der Waals surface area contributed by atoms with Gasteiger partial charge in [-0.05, 0) is 42.3 Å². The maximum atomic E-state index is 12.2. The summed E-state index contributed by atoms with van der Waals surface area (Å²) in [6.45, 7) is 0.441. The molecule has 132 valence electrons. The van der Waals surface area contributed by atoms with E-state index in [-0.39, 0.29) is 18.4 Å². The summed E-state index contributed by atoms with van der Waals surface area (Å²) >= 11 is 5.94. The third kappa shape index (κ3) is 6.12. The number of likely N-dealkylation sites (N-methyl/N-ethyl adjacent to an activating group) is 1. The molecule has 0 atom stereocenters. The van der Waals surface area contributed by atoms with E-state index in [1.165, 1.54) is 4.90 Å². The fraction of sp³-hybridized carbons (Fsp3) is 0.263. The monoisotopic (exact) mass is 360 g/mol. The molecule has 5 nitrogen and oxygen atoms in total. The Bertz CT molecular complexity index is 747. The number of carbonyl (C=O) groups excluding carboxylic acids is 2. The molecule has 2 aromatic carbocycles. The Kier molecular flexibility index (Phi) is 6.83. The lowest BCUT2D eigenvalue weighted by atomic mass is 10.1. The van der Waals surface area contributed by atoms with E-state index in [0.29, 0.717) is 29.3 Å². The molecule has 0 aliphatic rings. The molecule has 0 heterocycles. The van der Waals surface area contributed by atoms with Crippen LogP contribution < -0.4 is 10.1 Å². The SMILES string of the molecule is CN(C)C(=O)COc1cccc(C(=O)NCCc2cccc(Cl)c2)c1. The van der Waals surface area contributed by atoms with E-state index in [0.717, 1.165) is 5.56 Å². The van der Waals surface area contributed by atoms with Crippen LogP contribution in [0.5, 0.6) is 5.75 Å². The molecule has 0 unspecified atom stereocenters. The van der Waals surface area contributed by atoms with Crippen molar-refractivity contribution in [3.05, 3.63) is 64.7 Å². The Morgan fingerprint density at radius 3 is 2.60 bits per heavy atom. The summed E-state index contributed by atoms with van der Waals surface area (Å²) in [6, 6.07) is 14.3. The Hall–Kier alpha value is -2.53. The van der Waals surface area contributed by atoms with Gasteiger partial charge in [0.15, 0.2) is 6.61 Å². The predicted molar refractivity (Wildman–Crippen MR) is 98.1 cm³/mol. The van der Waals surface area contributed by atoms with Gasteiger partial charge >= 0.3 is 0 Å². The van der Waals surface area contributed by atoms with Gasteiger partial charge in [0.05, 0.1) is 0 Å². The number of nitrogens with one attached hydrogen (secondary N) is 1. The zero-order valence-corrected chi connectivity index (χ0v) is 15.0. The zero-order chi connectivity index (χ0) is 18.2. The number of ether oxygens (including phenoxy) is 1. The highest BCUT2D eigenvalue weighted by Crippen LogP contribution is 2.14. The van der Waals surface area contributed by atoms with E-state index >= 15 is 0 Å². The molecule has 0 aliphatic heterocycles. The fourth-order valence-electron chi connectivity index (χ4n) is 2.12. The van der Waals surface area contributed by atoms with E-state index < -0.39 is 0 Å². The number of carbonyl (C=O) groups is 2. The number of halogens is 1. The molecule has 0 saturated heterocycles. The van der Waals surface area contributed by atoms with E-state index in [9.17, 15) is 9.59 Å². The van der Waals surface area contributed by atoms with Crippen LogP contribution in [0.25, 0.3) is 0 Å². The van der Waals surface area contributed by atoms with Crippen molar-refractivity contribution in [1.29, 1.82) is 0 Å². The van der Waals surface area contributed by atoms with Crippen molar-refractivity contribution in [3.63, 3.8) is 0 Å². The lowest BCUT2D eigenvalue weighted by Crippen LogP contribution is -2.28. The second-order valence-electron chi connectivity index (χ2n) is 5.74. The molecular weight excluding hydrogens is 340 g/mol. The first kappa shape index (κ1) is 18.8. The molecule has 0 radical (unpaired) electrons. The van der Waals surface area contributed by atoms with Crippen LogP contribution in [0.15, 0.2) is 48.5 Å². The topological polar surface area (TPSA) is 58.6 Å². The zero-order valence-electron chi connectivity index (χ0n) is 14.3. The van der Waals surface area contributed by atoms with Gasteiger partial charge in [-0.2, -0.15) is 0 Å². The smallest absolute Gasteiger partial charge is 0.259 e. The Balaban J connectivity index is 1.86. The molecule has 0 bridgehead atoms. The summed E-state index contributed by atoms with van der Waals surface area (Å²) in [6.07, 6.45) is 0.694. The summed E-state index contributed by atoms with van der Waals surface area (Å²) < 4.78 is 5.42. The quantitative estimate of drug-likeness (QED) is 0.826. The Labute approximate surface area is 152 Å². The first-order chi connectivity index (χ1) is 12.0. The second kappa shape index (κ2) is 9.08. The van der Waals surface area contributed by atoms with Gasteiger partial charge in [0.1, 0.15) is 5.75 Å². The first-order valence-corrected chi connectivity index (χ1v) is 8.29. The van der Waals surface area contributed by atoms with Gasteiger partial charge in [-0.15, -0.1) is 0 Å². The molecule has 2 amide bonds. The molecule has 0 aliphatic carbocycles. The summed E-state index contributed by atoms with van der Waals surface area (Å²) in [5, 5.41) is 3.55. The third-order valence-electron chi connectivity index (χ3n) is 3.55. The number of hydrogen-bond donors (Lipinski definition) is 1. The number of benzene rings is 2. The van der Waals surface area contributed by atoms with Crippen molar-refractivity contribution in [2.45, 2.75) is 6.42 Å². The van der Waals surface area contributed by atoms with Gasteiger partial charge in [0, 0.05) is 31.2 Å². The standard InChI is InChI=1S/C19H21ClN2O3/c1-22(2)18(23)13-25-17-8-4-6-15(12-17)19(24)21-10-9-14-5-3-7-16(20)11-14/h3-8,11-12H,9-10,13H2,1-2H3,(H,21,24). The molecule has 25 heavy (non-hydrogen) atoms. The minimum atomic E-state index is -0.189. The van der Waals surface area contributed by atoms with Crippen molar-refractivity contribution >= 4 is 23.4 Å². The van der Waals surface area contributed by atoms with Crippen molar-refractivity contribution in [2.24, 2.45) is 0 Å². The van der Waals surface area contributed by atoms with E-state index in [1.807, 2.05) is 24.3 Å². The maximum Gasteiger partial charge on any atom is 0.259 e. The van der Waals surface area contributed by atoms with E-state index in [2.05, 4.69) is 5.32 Å². The lowest BCUT2D eigenvalue weighted by molar-refractivity contribution is -0.130. The van der Waals surface area contributed by atoms with Crippen molar-refractivity contribution in [2.75, 3.05) is 27.2 Å². The molecule has 1 N–H and O–H groups in total. The van der Waals surface area contributed by atoms with E-state index in [4.69, 9.17) is 16.3 Å². The van der Waals surface area contributed by atoms with Crippen LogP contribution in [0, 0.1) is 0 Å². The van der Waals surface area contributed by atoms with Gasteiger partial charge in [-0.3, -0.25) is 9.59 Å². The van der Waals surface area contributed by atoms with Crippen LogP contribution in [0.3, 0.4) is 0 Å². The van der Waals surface area contributed by atoms with Crippen LogP contribution in [0.1, 0.15) is 15.9 Å². The highest BCUT2D eigenvalue weighted by Gasteiger charge is 2.09. The van der Waals surface area contributed by atoms with Crippen LogP contribution >= 0.6 is 11.6 Å². The highest BCUT2D eigenvalue weighted by molar-refractivity contribution is 6.30. The van der Waals surface area contributed by atoms with Crippen LogP contribution in [0.4, 0.5) is 0 Å². The second-order valence-corrected chi connectivity index (χ2v) is 6.18. The molecular formula is C19H21ClN2O3. The van der Waals surface area contributed by atoms with Gasteiger partial charge in [0.25, 0.3) is 11.8 Å². The average molecular weight is 361 g/mol. The predicted octanol–water partition coefficient (Wildman–Crippen LogP) is 2.78. The fourth-order valence-corrected chi connectivity index (χ4v) is 2.33. The van der Waals surface area contributed by atoms with Crippen LogP contribution in [0.2, 0.25) is 5.02 Å². The lowest BCUT2D eigenvalue weighted by Gasteiger charge is -2.12. The summed E-state index contributed by atoms with van der Waals surface area (Å²) in [4.78, 5) is 25.2.